The minimum atomic E-state index is -0.658. The normalized spacial score (nSPS) is 13.1. The van der Waals surface area contributed by atoms with Crippen LogP contribution in [-0.4, -0.2) is 48.9 Å². The lowest BCUT2D eigenvalue weighted by Crippen LogP contribution is -2.52. The monoisotopic (exact) mass is 459 g/mol. The number of hydrogen-bond acceptors (Lipinski definition) is 4. The third kappa shape index (κ3) is 4.33. The molecule has 7 nitrogen and oxygen atoms in total. The van der Waals surface area contributed by atoms with Gasteiger partial charge in [0, 0.05) is 24.0 Å². The molecule has 0 aliphatic carbocycles. The molecule has 1 N–H and O–H groups in total. The SMILES string of the molecule is CCNC(=O)[C@@H](CC)N(Cc1cccc(OC)c1)C(=O)CN1C(=O)c2cccc3cccc1c23. The molecule has 0 saturated heterocycles. The summed E-state index contributed by atoms with van der Waals surface area (Å²) in [6, 6.07) is 18.1. The average molecular weight is 460 g/mol. The van der Waals surface area contributed by atoms with Crippen molar-refractivity contribution in [3.8, 4) is 5.75 Å². The second-order valence-electron chi connectivity index (χ2n) is 8.26. The first kappa shape index (κ1) is 23.3. The van der Waals surface area contributed by atoms with Crippen LogP contribution in [0, 0.1) is 0 Å². The summed E-state index contributed by atoms with van der Waals surface area (Å²) >= 11 is 0. The number of carbonyl (C=O) groups is 3. The molecule has 0 bridgehead atoms. The molecule has 0 radical (unpaired) electrons. The van der Waals surface area contributed by atoms with Gasteiger partial charge in [-0.25, -0.2) is 0 Å². The minimum Gasteiger partial charge on any atom is -0.497 e. The molecule has 0 unspecified atom stereocenters. The summed E-state index contributed by atoms with van der Waals surface area (Å²) in [5.41, 5.74) is 2.16. The van der Waals surface area contributed by atoms with Gasteiger partial charge in [0.25, 0.3) is 5.91 Å². The number of rotatable bonds is 9. The largest absolute Gasteiger partial charge is 0.497 e. The van der Waals surface area contributed by atoms with E-state index in [1.165, 1.54) is 4.90 Å². The molecule has 0 saturated carbocycles. The summed E-state index contributed by atoms with van der Waals surface area (Å²) in [5, 5.41) is 4.65. The maximum atomic E-state index is 13.7. The molecule has 0 spiro atoms. The van der Waals surface area contributed by atoms with Crippen molar-refractivity contribution in [3.63, 3.8) is 0 Å². The summed E-state index contributed by atoms with van der Waals surface area (Å²) < 4.78 is 5.32. The van der Waals surface area contributed by atoms with E-state index in [0.717, 1.165) is 22.0 Å². The molecule has 0 fully saturated rings. The average Bonchev–Trinajstić information content (AvgIpc) is 3.12. The highest BCUT2D eigenvalue weighted by molar-refractivity contribution is 6.26. The number of hydrogen-bond donors (Lipinski definition) is 1. The molecule has 176 valence electrons. The van der Waals surface area contributed by atoms with Crippen LogP contribution in [0.25, 0.3) is 10.8 Å². The van der Waals surface area contributed by atoms with Gasteiger partial charge in [-0.2, -0.15) is 0 Å². The van der Waals surface area contributed by atoms with Crippen LogP contribution in [0.5, 0.6) is 5.75 Å². The lowest BCUT2D eigenvalue weighted by Gasteiger charge is -2.32. The molecule has 0 aromatic heterocycles. The zero-order valence-corrected chi connectivity index (χ0v) is 19.7. The molecular formula is C27H29N3O4. The standard InChI is InChI=1S/C27H29N3O4/c1-4-22(26(32)28-5-2)29(16-18-9-6-12-20(15-18)34-3)24(31)17-30-23-14-8-11-19-10-7-13-21(25(19)23)27(30)33/h6-15,22H,4-5,16-17H2,1-3H3,(H,28,32)/t22-/m1/s1. The Bertz CT molecular complexity index is 1230. The van der Waals surface area contributed by atoms with Crippen molar-refractivity contribution in [2.75, 3.05) is 25.1 Å². The summed E-state index contributed by atoms with van der Waals surface area (Å²) in [6.45, 7) is 4.28. The number of nitrogens with one attached hydrogen (secondary N) is 1. The Labute approximate surface area is 199 Å². The second-order valence-corrected chi connectivity index (χ2v) is 8.26. The first-order valence-corrected chi connectivity index (χ1v) is 11.5. The predicted molar refractivity (Wildman–Crippen MR) is 132 cm³/mol. The van der Waals surface area contributed by atoms with Gasteiger partial charge in [-0.05, 0) is 48.6 Å². The van der Waals surface area contributed by atoms with Gasteiger partial charge in [0.15, 0.2) is 0 Å². The lowest BCUT2D eigenvalue weighted by atomic mass is 10.1. The summed E-state index contributed by atoms with van der Waals surface area (Å²) in [5.74, 6) is -0.0289. The van der Waals surface area contributed by atoms with Gasteiger partial charge >= 0.3 is 0 Å². The summed E-state index contributed by atoms with van der Waals surface area (Å²) in [7, 11) is 1.59. The van der Waals surface area contributed by atoms with E-state index in [-0.39, 0.29) is 30.8 Å². The van der Waals surface area contributed by atoms with Crippen molar-refractivity contribution in [2.24, 2.45) is 0 Å². The molecule has 1 aliphatic rings. The Morgan fingerprint density at radius 2 is 1.79 bits per heavy atom. The summed E-state index contributed by atoms with van der Waals surface area (Å²) in [6.07, 6.45) is 0.450. The second kappa shape index (κ2) is 9.95. The number of benzene rings is 3. The van der Waals surface area contributed by atoms with E-state index in [2.05, 4.69) is 5.32 Å². The van der Waals surface area contributed by atoms with E-state index >= 15 is 0 Å². The van der Waals surface area contributed by atoms with E-state index in [9.17, 15) is 14.4 Å². The lowest BCUT2D eigenvalue weighted by molar-refractivity contribution is -0.140. The molecule has 34 heavy (non-hydrogen) atoms. The highest BCUT2D eigenvalue weighted by Crippen LogP contribution is 2.37. The van der Waals surface area contributed by atoms with Gasteiger partial charge in [-0.3, -0.25) is 19.3 Å². The zero-order valence-electron chi connectivity index (χ0n) is 19.7. The van der Waals surface area contributed by atoms with Crippen LogP contribution in [0.1, 0.15) is 36.2 Å². The van der Waals surface area contributed by atoms with Crippen LogP contribution in [0.2, 0.25) is 0 Å². The zero-order chi connectivity index (χ0) is 24.2. The molecule has 1 atom stereocenters. The van der Waals surface area contributed by atoms with Crippen molar-refractivity contribution < 1.29 is 19.1 Å². The number of ether oxygens (including phenoxy) is 1. The van der Waals surface area contributed by atoms with Crippen LogP contribution in [0.4, 0.5) is 5.69 Å². The number of nitrogens with zero attached hydrogens (tertiary/aromatic N) is 2. The fraction of sp³-hybridized carbons (Fsp3) is 0.296. The van der Waals surface area contributed by atoms with Gasteiger partial charge in [-0.15, -0.1) is 0 Å². The van der Waals surface area contributed by atoms with E-state index in [1.807, 2.05) is 68.4 Å². The number of anilines is 1. The fourth-order valence-electron chi connectivity index (χ4n) is 4.54. The molecule has 4 rings (SSSR count). The third-order valence-corrected chi connectivity index (χ3v) is 6.17. The first-order chi connectivity index (χ1) is 16.5. The van der Waals surface area contributed by atoms with Crippen LogP contribution < -0.4 is 15.0 Å². The van der Waals surface area contributed by atoms with E-state index in [0.29, 0.717) is 24.3 Å². The maximum absolute atomic E-state index is 13.7. The number of amides is 3. The Kier molecular flexibility index (Phi) is 6.82. The number of likely N-dealkylation sites (N-methyl/N-ethyl adjacent to an activating group) is 1. The van der Waals surface area contributed by atoms with Crippen LogP contribution in [-0.2, 0) is 16.1 Å². The van der Waals surface area contributed by atoms with Crippen molar-refractivity contribution in [1.82, 2.24) is 10.2 Å². The molecular weight excluding hydrogens is 430 g/mol. The molecule has 3 amide bonds. The van der Waals surface area contributed by atoms with E-state index in [1.54, 1.807) is 18.1 Å². The van der Waals surface area contributed by atoms with E-state index in [4.69, 9.17) is 4.74 Å². The van der Waals surface area contributed by atoms with Crippen LogP contribution in [0.3, 0.4) is 0 Å². The van der Waals surface area contributed by atoms with Gasteiger partial charge in [-0.1, -0.05) is 43.3 Å². The molecule has 3 aromatic rings. The smallest absolute Gasteiger partial charge is 0.259 e. The molecule has 1 aliphatic heterocycles. The van der Waals surface area contributed by atoms with Crippen molar-refractivity contribution >= 4 is 34.2 Å². The molecule has 3 aromatic carbocycles. The highest BCUT2D eigenvalue weighted by atomic mass is 16.5. The fourth-order valence-corrected chi connectivity index (χ4v) is 4.54. The Hall–Kier alpha value is -3.87. The van der Waals surface area contributed by atoms with Crippen molar-refractivity contribution in [1.29, 1.82) is 0 Å². The Balaban J connectivity index is 1.66. The van der Waals surface area contributed by atoms with Gasteiger partial charge in [0.2, 0.25) is 11.8 Å². The maximum Gasteiger partial charge on any atom is 0.259 e. The van der Waals surface area contributed by atoms with Gasteiger partial charge < -0.3 is 15.0 Å². The third-order valence-electron chi connectivity index (χ3n) is 6.17. The van der Waals surface area contributed by atoms with Crippen LogP contribution >= 0.6 is 0 Å². The Morgan fingerprint density at radius 1 is 1.06 bits per heavy atom. The van der Waals surface area contributed by atoms with Gasteiger partial charge in [0.1, 0.15) is 18.3 Å². The highest BCUT2D eigenvalue weighted by Gasteiger charge is 2.35. The summed E-state index contributed by atoms with van der Waals surface area (Å²) in [4.78, 5) is 42.9. The van der Waals surface area contributed by atoms with Crippen molar-refractivity contribution in [2.45, 2.75) is 32.9 Å². The van der Waals surface area contributed by atoms with Gasteiger partial charge in [0.05, 0.1) is 12.8 Å². The minimum absolute atomic E-state index is 0.146. The topological polar surface area (TPSA) is 79.0 Å². The predicted octanol–water partition coefficient (Wildman–Crippen LogP) is 3.75. The quantitative estimate of drug-likeness (QED) is 0.529. The molecule has 7 heteroatoms. The number of carbonyl (C=O) groups excluding carboxylic acids is 3. The molecule has 1 heterocycles. The number of methoxy groups -OCH3 is 1. The Morgan fingerprint density at radius 3 is 2.50 bits per heavy atom. The van der Waals surface area contributed by atoms with Crippen LogP contribution in [0.15, 0.2) is 60.7 Å². The van der Waals surface area contributed by atoms with E-state index < -0.39 is 6.04 Å². The van der Waals surface area contributed by atoms with Crippen molar-refractivity contribution in [3.05, 3.63) is 71.8 Å². The first-order valence-electron chi connectivity index (χ1n) is 11.5.